The summed E-state index contributed by atoms with van der Waals surface area (Å²) in [6.45, 7) is 7.63. The molecule has 1 aromatic carbocycles. The quantitative estimate of drug-likeness (QED) is 0.711. The Morgan fingerprint density at radius 3 is 2.86 bits per heavy atom. The van der Waals surface area contributed by atoms with E-state index in [2.05, 4.69) is 15.3 Å². The summed E-state index contributed by atoms with van der Waals surface area (Å²) in [5.41, 5.74) is 3.13. The van der Waals surface area contributed by atoms with Crippen LogP contribution in [0.1, 0.15) is 17.3 Å². The van der Waals surface area contributed by atoms with Crippen molar-refractivity contribution >= 4 is 16.8 Å². The van der Waals surface area contributed by atoms with Crippen LogP contribution in [0.2, 0.25) is 0 Å². The van der Waals surface area contributed by atoms with Gasteiger partial charge in [-0.15, -0.1) is 0 Å². The molecule has 28 heavy (non-hydrogen) atoms. The first kappa shape index (κ1) is 18.6. The molecule has 1 fully saturated rings. The van der Waals surface area contributed by atoms with Gasteiger partial charge in [-0.1, -0.05) is 18.2 Å². The van der Waals surface area contributed by atoms with Crippen molar-refractivity contribution < 1.29 is 9.53 Å². The van der Waals surface area contributed by atoms with Crippen LogP contribution < -0.4 is 5.32 Å². The van der Waals surface area contributed by atoms with Gasteiger partial charge in [0, 0.05) is 49.9 Å². The number of hydrogen-bond acceptors (Lipinski definition) is 5. The highest BCUT2D eigenvalue weighted by molar-refractivity contribution is 6.07. The summed E-state index contributed by atoms with van der Waals surface area (Å²) in [5, 5.41) is 8.25. The fourth-order valence-electron chi connectivity index (χ4n) is 3.43. The average Bonchev–Trinajstić information content (AvgIpc) is 3.23. The zero-order valence-corrected chi connectivity index (χ0v) is 16.1. The number of benzene rings is 1. The highest BCUT2D eigenvalue weighted by atomic mass is 16.5. The summed E-state index contributed by atoms with van der Waals surface area (Å²) in [6, 6.07) is 9.62. The van der Waals surface area contributed by atoms with Crippen LogP contribution in [0, 0.1) is 0 Å². The molecule has 4 rings (SSSR count). The topological polar surface area (TPSA) is 72.3 Å². The van der Waals surface area contributed by atoms with Gasteiger partial charge in [-0.25, -0.2) is 4.98 Å². The van der Waals surface area contributed by atoms with E-state index in [4.69, 9.17) is 9.72 Å². The fraction of sp³-hybridized carbons (Fsp3) is 0.381. The van der Waals surface area contributed by atoms with E-state index in [0.29, 0.717) is 12.1 Å². The van der Waals surface area contributed by atoms with Crippen molar-refractivity contribution in [3.05, 3.63) is 48.3 Å². The first-order chi connectivity index (χ1) is 13.7. The van der Waals surface area contributed by atoms with Gasteiger partial charge in [0.15, 0.2) is 0 Å². The number of nitrogens with zero attached hydrogens (tertiary/aromatic N) is 4. The molecule has 2 aromatic heterocycles. The number of aryl methyl sites for hydroxylation is 1. The van der Waals surface area contributed by atoms with Gasteiger partial charge in [-0.3, -0.25) is 14.4 Å². The highest BCUT2D eigenvalue weighted by Crippen LogP contribution is 2.24. The third-order valence-corrected chi connectivity index (χ3v) is 5.03. The lowest BCUT2D eigenvalue weighted by Gasteiger charge is -2.26. The van der Waals surface area contributed by atoms with Crippen molar-refractivity contribution in [3.8, 4) is 11.3 Å². The first-order valence-corrected chi connectivity index (χ1v) is 9.75. The molecule has 7 heteroatoms. The largest absolute Gasteiger partial charge is 0.379 e. The smallest absolute Gasteiger partial charge is 0.252 e. The minimum absolute atomic E-state index is 0.0732. The molecule has 1 N–H and O–H groups in total. The maximum absolute atomic E-state index is 12.9. The summed E-state index contributed by atoms with van der Waals surface area (Å²) in [6.07, 6.45) is 3.75. The monoisotopic (exact) mass is 379 g/mol. The van der Waals surface area contributed by atoms with E-state index in [1.165, 1.54) is 0 Å². The SMILES string of the molecule is CCn1cc(-c2cc(C(=O)NCCN3CCOCC3)c3ccccc3n2)cn1. The Balaban J connectivity index is 1.56. The molecule has 0 bridgehead atoms. The van der Waals surface area contributed by atoms with Gasteiger partial charge < -0.3 is 10.1 Å². The Kier molecular flexibility index (Phi) is 5.64. The van der Waals surface area contributed by atoms with E-state index in [1.54, 1.807) is 6.20 Å². The Morgan fingerprint density at radius 2 is 2.07 bits per heavy atom. The van der Waals surface area contributed by atoms with E-state index < -0.39 is 0 Å². The van der Waals surface area contributed by atoms with Gasteiger partial charge in [0.2, 0.25) is 0 Å². The van der Waals surface area contributed by atoms with Gasteiger partial charge in [0.25, 0.3) is 5.91 Å². The van der Waals surface area contributed by atoms with Gasteiger partial charge in [0.05, 0.1) is 36.2 Å². The molecular weight excluding hydrogens is 354 g/mol. The number of ether oxygens (including phenoxy) is 1. The summed E-state index contributed by atoms with van der Waals surface area (Å²) < 4.78 is 7.22. The van der Waals surface area contributed by atoms with Gasteiger partial charge in [-0.05, 0) is 19.1 Å². The molecule has 7 nitrogen and oxygen atoms in total. The van der Waals surface area contributed by atoms with Crippen molar-refractivity contribution in [1.29, 1.82) is 0 Å². The molecule has 0 saturated carbocycles. The number of carbonyl (C=O) groups is 1. The predicted octanol–water partition coefficient (Wildman–Crippen LogP) is 2.18. The molecule has 0 spiro atoms. The van der Waals surface area contributed by atoms with Crippen LogP contribution in [0.4, 0.5) is 0 Å². The Labute approximate surface area is 164 Å². The van der Waals surface area contributed by atoms with Crippen LogP contribution in [0.25, 0.3) is 22.2 Å². The molecule has 1 saturated heterocycles. The number of fused-ring (bicyclic) bond motifs is 1. The van der Waals surface area contributed by atoms with Crippen molar-refractivity contribution in [1.82, 2.24) is 25.0 Å². The molecule has 0 unspecified atom stereocenters. The van der Waals surface area contributed by atoms with E-state index in [9.17, 15) is 4.79 Å². The number of amides is 1. The Hall–Kier alpha value is -2.77. The lowest BCUT2D eigenvalue weighted by atomic mass is 10.0. The minimum Gasteiger partial charge on any atom is -0.379 e. The predicted molar refractivity (Wildman–Crippen MR) is 108 cm³/mol. The maximum Gasteiger partial charge on any atom is 0.252 e. The van der Waals surface area contributed by atoms with Crippen molar-refractivity contribution in [3.63, 3.8) is 0 Å². The molecule has 3 aromatic rings. The van der Waals surface area contributed by atoms with Crippen molar-refractivity contribution in [2.24, 2.45) is 0 Å². The standard InChI is InChI=1S/C21H25N5O2/c1-2-26-15-16(14-23-26)20-13-18(17-5-3-4-6-19(17)24-20)21(27)22-7-8-25-9-11-28-12-10-25/h3-6,13-15H,2,7-12H2,1H3,(H,22,27). The highest BCUT2D eigenvalue weighted by Gasteiger charge is 2.15. The number of aromatic nitrogens is 3. The first-order valence-electron chi connectivity index (χ1n) is 9.75. The summed E-state index contributed by atoms with van der Waals surface area (Å²) >= 11 is 0. The number of pyridine rings is 1. The third-order valence-electron chi connectivity index (χ3n) is 5.03. The van der Waals surface area contributed by atoms with Crippen LogP contribution in [0.15, 0.2) is 42.7 Å². The van der Waals surface area contributed by atoms with Gasteiger partial charge in [-0.2, -0.15) is 5.10 Å². The Bertz CT molecular complexity index is 962. The lowest BCUT2D eigenvalue weighted by molar-refractivity contribution is 0.0383. The molecule has 0 aliphatic carbocycles. The minimum atomic E-state index is -0.0732. The number of rotatable bonds is 6. The van der Waals surface area contributed by atoms with Crippen molar-refractivity contribution in [2.45, 2.75) is 13.5 Å². The summed E-state index contributed by atoms with van der Waals surface area (Å²) in [7, 11) is 0. The lowest BCUT2D eigenvalue weighted by Crippen LogP contribution is -2.41. The van der Waals surface area contributed by atoms with Crippen molar-refractivity contribution in [2.75, 3.05) is 39.4 Å². The van der Waals surface area contributed by atoms with Crippen LogP contribution in [0.3, 0.4) is 0 Å². The van der Waals surface area contributed by atoms with Crippen LogP contribution in [-0.4, -0.2) is 65.0 Å². The van der Waals surface area contributed by atoms with Gasteiger partial charge >= 0.3 is 0 Å². The molecule has 1 amide bonds. The molecule has 3 heterocycles. The van der Waals surface area contributed by atoms with Gasteiger partial charge in [0.1, 0.15) is 0 Å². The third kappa shape index (κ3) is 4.05. The summed E-state index contributed by atoms with van der Waals surface area (Å²) in [5.74, 6) is -0.0732. The molecule has 1 aliphatic heterocycles. The zero-order chi connectivity index (χ0) is 19.3. The average molecular weight is 379 g/mol. The summed E-state index contributed by atoms with van der Waals surface area (Å²) in [4.78, 5) is 20.0. The van der Waals surface area contributed by atoms with E-state index in [-0.39, 0.29) is 5.91 Å². The Morgan fingerprint density at radius 1 is 1.25 bits per heavy atom. The molecular formula is C21H25N5O2. The number of para-hydroxylation sites is 1. The number of nitrogens with one attached hydrogen (secondary N) is 1. The molecule has 0 radical (unpaired) electrons. The zero-order valence-electron chi connectivity index (χ0n) is 16.1. The number of morpholine rings is 1. The van der Waals surface area contributed by atoms with E-state index in [0.717, 1.165) is 61.6 Å². The molecule has 0 atom stereocenters. The van der Waals surface area contributed by atoms with Crippen LogP contribution in [0.5, 0.6) is 0 Å². The van der Waals surface area contributed by atoms with Crippen LogP contribution >= 0.6 is 0 Å². The maximum atomic E-state index is 12.9. The fourth-order valence-corrected chi connectivity index (χ4v) is 3.43. The normalized spacial score (nSPS) is 15.0. The van der Waals surface area contributed by atoms with E-state index >= 15 is 0 Å². The second-order valence-corrected chi connectivity index (χ2v) is 6.87. The molecule has 146 valence electrons. The number of hydrogen-bond donors (Lipinski definition) is 1. The molecule has 1 aliphatic rings. The van der Waals surface area contributed by atoms with Crippen LogP contribution in [-0.2, 0) is 11.3 Å². The van der Waals surface area contributed by atoms with E-state index in [1.807, 2.05) is 48.1 Å². The number of carbonyl (C=O) groups excluding carboxylic acids is 1. The second kappa shape index (κ2) is 8.50. The second-order valence-electron chi connectivity index (χ2n) is 6.87.